The Morgan fingerprint density at radius 1 is 0.956 bits per heavy atom. The number of anilines is 3. The first-order valence-electron chi connectivity index (χ1n) is 14.2. The van der Waals surface area contributed by atoms with Crippen molar-refractivity contribution >= 4 is 46.6 Å². The molecule has 0 unspecified atom stereocenters. The maximum atomic E-state index is 13.8. The smallest absolute Gasteiger partial charge is 0.278 e. The zero-order valence-corrected chi connectivity index (χ0v) is 25.9. The van der Waals surface area contributed by atoms with Gasteiger partial charge in [-0.1, -0.05) is 11.6 Å². The number of fused-ring (bicyclic) bond motifs is 1. The van der Waals surface area contributed by atoms with Crippen LogP contribution < -0.4 is 29.7 Å². The topological polar surface area (TPSA) is 144 Å². The molecule has 2 aliphatic heterocycles. The van der Waals surface area contributed by atoms with E-state index in [1.54, 1.807) is 63.0 Å². The largest absolute Gasteiger partial charge is 0.493 e. The number of carbonyl (C=O) groups is 1. The van der Waals surface area contributed by atoms with Gasteiger partial charge in [0.15, 0.2) is 11.5 Å². The van der Waals surface area contributed by atoms with Gasteiger partial charge in [0, 0.05) is 67.3 Å². The highest BCUT2D eigenvalue weighted by molar-refractivity contribution is 6.55. The summed E-state index contributed by atoms with van der Waals surface area (Å²) in [6.45, 7) is 3.37. The second kappa shape index (κ2) is 12.9. The van der Waals surface area contributed by atoms with Gasteiger partial charge < -0.3 is 24.8 Å². The van der Waals surface area contributed by atoms with E-state index in [4.69, 9.17) is 31.5 Å². The quantitative estimate of drug-likeness (QED) is 0.291. The highest BCUT2D eigenvalue weighted by atomic mass is 35.5. The van der Waals surface area contributed by atoms with Crippen molar-refractivity contribution in [1.29, 1.82) is 0 Å². The normalized spacial score (nSPS) is 15.8. The number of rotatable bonds is 9. The van der Waals surface area contributed by atoms with Gasteiger partial charge in [0.1, 0.15) is 11.5 Å². The maximum absolute atomic E-state index is 13.8. The van der Waals surface area contributed by atoms with Crippen LogP contribution in [0.15, 0.2) is 60.0 Å². The molecule has 1 saturated heterocycles. The summed E-state index contributed by atoms with van der Waals surface area (Å²) in [5.74, 6) is 2.33. The molecule has 4 heterocycles. The van der Waals surface area contributed by atoms with E-state index in [1.165, 1.54) is 0 Å². The van der Waals surface area contributed by atoms with Crippen molar-refractivity contribution in [3.05, 3.63) is 76.7 Å². The Kier molecular flexibility index (Phi) is 8.62. The molecule has 45 heavy (non-hydrogen) atoms. The van der Waals surface area contributed by atoms with E-state index in [0.29, 0.717) is 52.4 Å². The number of benzene rings is 2. The van der Waals surface area contributed by atoms with Crippen molar-refractivity contribution in [1.82, 2.24) is 24.8 Å². The van der Waals surface area contributed by atoms with Crippen LogP contribution in [0.2, 0.25) is 5.02 Å². The third-order valence-corrected chi connectivity index (χ3v) is 7.95. The van der Waals surface area contributed by atoms with Crippen molar-refractivity contribution in [2.45, 2.75) is 6.42 Å². The second-order valence-corrected chi connectivity index (χ2v) is 10.9. The summed E-state index contributed by atoms with van der Waals surface area (Å²) in [5.41, 5.74) is 9.45. The van der Waals surface area contributed by atoms with E-state index in [9.17, 15) is 4.79 Å². The molecule has 4 aromatic rings. The molecule has 0 atom stereocenters. The minimum atomic E-state index is -0.259. The van der Waals surface area contributed by atoms with E-state index in [0.717, 1.165) is 37.4 Å². The van der Waals surface area contributed by atoms with Crippen LogP contribution in [0.4, 0.5) is 23.4 Å². The molecule has 14 heteroatoms. The minimum Gasteiger partial charge on any atom is -0.493 e. The van der Waals surface area contributed by atoms with E-state index < -0.39 is 0 Å². The number of hydrogen-bond donors (Lipinski definition) is 1. The van der Waals surface area contributed by atoms with Crippen LogP contribution in [0.25, 0.3) is 0 Å². The minimum absolute atomic E-state index is 0.0775. The number of nitrogens with zero attached hydrogens (tertiary/aromatic N) is 8. The summed E-state index contributed by atoms with van der Waals surface area (Å²) < 4.78 is 16.3. The van der Waals surface area contributed by atoms with E-state index >= 15 is 0 Å². The van der Waals surface area contributed by atoms with Gasteiger partial charge in [-0.15, -0.1) is 0 Å². The number of ether oxygens (including phenoxy) is 3. The summed E-state index contributed by atoms with van der Waals surface area (Å²) >= 11 is 6.35. The second-order valence-electron chi connectivity index (χ2n) is 10.4. The van der Waals surface area contributed by atoms with Crippen LogP contribution in [0.1, 0.15) is 16.7 Å². The fraction of sp³-hybridized carbons (Fsp3) is 0.290. The Balaban J connectivity index is 1.21. The molecule has 2 aromatic heterocycles. The molecular formula is C31H32ClN9O4. The lowest BCUT2D eigenvalue weighted by Crippen LogP contribution is -2.51. The Morgan fingerprint density at radius 3 is 2.31 bits per heavy atom. The zero-order chi connectivity index (χ0) is 31.5. The fourth-order valence-electron chi connectivity index (χ4n) is 5.44. The van der Waals surface area contributed by atoms with Gasteiger partial charge in [0.2, 0.25) is 11.7 Å². The Morgan fingerprint density at radius 2 is 1.67 bits per heavy atom. The predicted octanol–water partition coefficient (Wildman–Crippen LogP) is 3.37. The number of nitrogen functional groups attached to an aromatic ring is 1. The molecule has 0 bridgehead atoms. The predicted molar refractivity (Wildman–Crippen MR) is 171 cm³/mol. The molecule has 6 rings (SSSR count). The standard InChI is InChI=1S/C31H32ClN9O4/c1-43-24-14-19(15-25(44-2)27(24)45-3)13-20-17-36-30(38-28(20)33)37-26-22-16-21(32)5-6-23(22)41(29(26)42)18-39-9-11-40(12-10-39)31-34-7-4-8-35-31/h4-8,14-17H,9-13,18H2,1-3H3,(H2,33,36,38)/b37-26-. The van der Waals surface area contributed by atoms with Crippen molar-refractivity contribution in [2.75, 3.05) is 69.7 Å². The van der Waals surface area contributed by atoms with Gasteiger partial charge in [-0.25, -0.2) is 19.9 Å². The number of aromatic nitrogens is 4. The van der Waals surface area contributed by atoms with Crippen LogP contribution >= 0.6 is 11.6 Å². The number of methoxy groups -OCH3 is 3. The molecule has 0 saturated carbocycles. The van der Waals surface area contributed by atoms with Crippen LogP contribution in [0.3, 0.4) is 0 Å². The summed E-state index contributed by atoms with van der Waals surface area (Å²) in [4.78, 5) is 42.0. The maximum Gasteiger partial charge on any atom is 0.278 e. The number of halogens is 1. The average Bonchev–Trinajstić information content (AvgIpc) is 3.31. The molecule has 1 fully saturated rings. The number of nitrogens with two attached hydrogens (primary N) is 1. The zero-order valence-electron chi connectivity index (χ0n) is 25.1. The van der Waals surface area contributed by atoms with Gasteiger partial charge in [-0.05, 0) is 42.0 Å². The average molecular weight is 630 g/mol. The number of piperazine rings is 1. The third-order valence-electron chi connectivity index (χ3n) is 7.72. The van der Waals surface area contributed by atoms with E-state index in [-0.39, 0.29) is 23.4 Å². The van der Waals surface area contributed by atoms with Gasteiger partial charge in [-0.3, -0.25) is 14.6 Å². The number of carbonyl (C=O) groups excluding carboxylic acids is 1. The Labute approximate surface area is 265 Å². The fourth-order valence-corrected chi connectivity index (χ4v) is 5.61. The van der Waals surface area contributed by atoms with Gasteiger partial charge in [-0.2, -0.15) is 4.98 Å². The van der Waals surface area contributed by atoms with Crippen molar-refractivity contribution in [2.24, 2.45) is 4.99 Å². The van der Waals surface area contributed by atoms with Gasteiger partial charge >= 0.3 is 0 Å². The van der Waals surface area contributed by atoms with E-state index in [2.05, 4.69) is 34.7 Å². The Bertz CT molecular complexity index is 1720. The van der Waals surface area contributed by atoms with Crippen molar-refractivity contribution in [3.8, 4) is 17.2 Å². The number of hydrogen-bond acceptors (Lipinski definition) is 12. The van der Waals surface area contributed by atoms with Gasteiger partial charge in [0.25, 0.3) is 11.9 Å². The monoisotopic (exact) mass is 629 g/mol. The van der Waals surface area contributed by atoms with Crippen LogP contribution in [-0.4, -0.2) is 90.6 Å². The molecule has 2 aliphatic rings. The highest BCUT2D eigenvalue weighted by Crippen LogP contribution is 2.39. The van der Waals surface area contributed by atoms with E-state index in [1.807, 2.05) is 18.2 Å². The van der Waals surface area contributed by atoms with Crippen LogP contribution in [-0.2, 0) is 11.2 Å². The van der Waals surface area contributed by atoms with Gasteiger partial charge in [0.05, 0.1) is 33.7 Å². The summed E-state index contributed by atoms with van der Waals surface area (Å²) in [5, 5.41) is 0.494. The van der Waals surface area contributed by atoms with Crippen LogP contribution in [0, 0.1) is 0 Å². The first kappa shape index (κ1) is 30.0. The van der Waals surface area contributed by atoms with Crippen LogP contribution in [0.5, 0.6) is 17.2 Å². The third kappa shape index (κ3) is 6.17. The lowest BCUT2D eigenvalue weighted by molar-refractivity contribution is -0.112. The molecule has 0 spiro atoms. The molecule has 2 aromatic carbocycles. The molecule has 232 valence electrons. The highest BCUT2D eigenvalue weighted by Gasteiger charge is 2.36. The lowest BCUT2D eigenvalue weighted by Gasteiger charge is -2.36. The number of amides is 1. The molecular weight excluding hydrogens is 598 g/mol. The van der Waals surface area contributed by atoms with Crippen molar-refractivity contribution in [3.63, 3.8) is 0 Å². The van der Waals surface area contributed by atoms with Crippen molar-refractivity contribution < 1.29 is 19.0 Å². The molecule has 0 radical (unpaired) electrons. The molecule has 2 N–H and O–H groups in total. The summed E-state index contributed by atoms with van der Waals surface area (Å²) in [6, 6.07) is 10.8. The molecule has 0 aliphatic carbocycles. The Hall–Kier alpha value is -5.01. The lowest BCUT2D eigenvalue weighted by atomic mass is 10.1. The molecule has 1 amide bonds. The SMILES string of the molecule is COc1cc(Cc2cnc(/N=C3\C(=O)N(CN4CCN(c5ncccn5)CC4)c4ccc(Cl)cc43)nc2N)cc(OC)c1OC. The summed E-state index contributed by atoms with van der Waals surface area (Å²) in [7, 11) is 4.67. The first-order valence-corrected chi connectivity index (χ1v) is 14.6. The first-order chi connectivity index (χ1) is 21.9. The summed E-state index contributed by atoms with van der Waals surface area (Å²) in [6.07, 6.45) is 5.49. The number of aliphatic imine (C=N–C) groups is 1. The molecule has 13 nitrogen and oxygen atoms in total.